The van der Waals surface area contributed by atoms with Crippen LogP contribution in [0.3, 0.4) is 0 Å². The number of hydrogen-bond donors (Lipinski definition) is 1. The standard InChI is InChI=1S/C37H43N7O4/c1-23-35-34(40-36(44(35)16-15-38-23)25-9-12-27(13-10-25)43-19-17-42(18-20-43)24(2)45)26-11-14-29(33(21-26)48-5)39-37(46)31-22-28-30(41(31)3)7-6-8-32(28)47-4/h6-8,11,14-16,21-22,25,27H,9-10,12-13,17-20H2,1-5H3,(H,39,46). The Labute approximate surface area is 280 Å². The number of carbonyl (C=O) groups excluding carboxylic acids is 2. The number of aromatic nitrogens is 4. The second-order valence-electron chi connectivity index (χ2n) is 12.9. The highest BCUT2D eigenvalue weighted by molar-refractivity contribution is 6.08. The summed E-state index contributed by atoms with van der Waals surface area (Å²) >= 11 is 0. The van der Waals surface area contributed by atoms with Crippen LogP contribution in [0.1, 0.15) is 60.5 Å². The number of amides is 2. The fourth-order valence-corrected chi connectivity index (χ4v) is 7.67. The number of fused-ring (bicyclic) bond motifs is 2. The number of carbonyl (C=O) groups is 2. The quantitative estimate of drug-likeness (QED) is 0.243. The lowest BCUT2D eigenvalue weighted by molar-refractivity contribution is -0.131. The average Bonchev–Trinajstić information content (AvgIpc) is 3.67. The largest absolute Gasteiger partial charge is 0.496 e. The molecule has 48 heavy (non-hydrogen) atoms. The Balaban J connectivity index is 1.13. The Morgan fingerprint density at radius 1 is 0.938 bits per heavy atom. The highest BCUT2D eigenvalue weighted by atomic mass is 16.5. The van der Waals surface area contributed by atoms with Gasteiger partial charge in [-0.1, -0.05) is 12.1 Å². The molecule has 1 aliphatic heterocycles. The van der Waals surface area contributed by atoms with Gasteiger partial charge < -0.3 is 24.3 Å². The molecule has 0 bridgehead atoms. The van der Waals surface area contributed by atoms with E-state index >= 15 is 0 Å². The summed E-state index contributed by atoms with van der Waals surface area (Å²) < 4.78 is 15.4. The second-order valence-corrected chi connectivity index (χ2v) is 12.9. The number of rotatable bonds is 7. The molecule has 2 aromatic carbocycles. The van der Waals surface area contributed by atoms with Gasteiger partial charge in [-0.3, -0.25) is 23.9 Å². The van der Waals surface area contributed by atoms with Crippen LogP contribution in [0.15, 0.2) is 54.9 Å². The van der Waals surface area contributed by atoms with Gasteiger partial charge in [0, 0.05) is 75.5 Å². The minimum Gasteiger partial charge on any atom is -0.496 e. The molecule has 2 aliphatic rings. The summed E-state index contributed by atoms with van der Waals surface area (Å²) in [5.74, 6) is 2.59. The zero-order chi connectivity index (χ0) is 33.5. The van der Waals surface area contributed by atoms with Crippen molar-refractivity contribution in [3.05, 3.63) is 72.1 Å². The van der Waals surface area contributed by atoms with Crippen molar-refractivity contribution in [2.45, 2.75) is 51.5 Å². The maximum atomic E-state index is 13.5. The zero-order valence-corrected chi connectivity index (χ0v) is 28.3. The summed E-state index contributed by atoms with van der Waals surface area (Å²) in [5.41, 5.74) is 5.65. The molecule has 0 spiro atoms. The van der Waals surface area contributed by atoms with E-state index in [9.17, 15) is 9.59 Å². The van der Waals surface area contributed by atoms with Gasteiger partial charge in [0.1, 0.15) is 23.0 Å². The minimum absolute atomic E-state index is 0.171. The molecule has 250 valence electrons. The number of nitrogens with one attached hydrogen (secondary N) is 1. The number of benzene rings is 2. The number of imidazole rings is 1. The second kappa shape index (κ2) is 13.0. The summed E-state index contributed by atoms with van der Waals surface area (Å²) in [4.78, 5) is 39.7. The van der Waals surface area contributed by atoms with Gasteiger partial charge in [0.15, 0.2) is 0 Å². The first-order chi connectivity index (χ1) is 23.3. The molecule has 1 saturated heterocycles. The van der Waals surface area contributed by atoms with Crippen LogP contribution in [0.5, 0.6) is 11.5 Å². The summed E-state index contributed by atoms with van der Waals surface area (Å²) in [6.07, 6.45) is 8.22. The lowest BCUT2D eigenvalue weighted by atomic mass is 9.84. The summed E-state index contributed by atoms with van der Waals surface area (Å²) in [5, 5.41) is 3.93. The van der Waals surface area contributed by atoms with Gasteiger partial charge in [-0.2, -0.15) is 0 Å². The van der Waals surface area contributed by atoms with E-state index in [2.05, 4.69) is 19.6 Å². The van der Waals surface area contributed by atoms with E-state index in [-0.39, 0.29) is 11.8 Å². The van der Waals surface area contributed by atoms with Gasteiger partial charge in [0.25, 0.3) is 5.91 Å². The van der Waals surface area contributed by atoms with Crippen LogP contribution in [-0.4, -0.2) is 87.0 Å². The van der Waals surface area contributed by atoms with E-state index in [0.29, 0.717) is 29.1 Å². The molecule has 0 unspecified atom stereocenters. The maximum absolute atomic E-state index is 13.5. The maximum Gasteiger partial charge on any atom is 0.272 e. The van der Waals surface area contributed by atoms with Crippen molar-refractivity contribution in [1.29, 1.82) is 0 Å². The molecule has 1 aliphatic carbocycles. The van der Waals surface area contributed by atoms with Crippen molar-refractivity contribution < 1.29 is 19.1 Å². The van der Waals surface area contributed by atoms with Gasteiger partial charge in [-0.05, 0) is 62.9 Å². The number of ether oxygens (including phenoxy) is 2. The van der Waals surface area contributed by atoms with Crippen LogP contribution in [0.4, 0.5) is 5.69 Å². The number of anilines is 1. The normalized spacial score (nSPS) is 18.7. The van der Waals surface area contributed by atoms with E-state index in [1.165, 1.54) is 0 Å². The Kier molecular flexibility index (Phi) is 8.55. The molecule has 0 radical (unpaired) electrons. The van der Waals surface area contributed by atoms with Crippen molar-refractivity contribution in [3.63, 3.8) is 0 Å². The fraction of sp³-hybridized carbons (Fsp3) is 0.405. The van der Waals surface area contributed by atoms with Crippen LogP contribution in [0, 0.1) is 6.92 Å². The molecule has 4 heterocycles. The lowest BCUT2D eigenvalue weighted by Crippen LogP contribution is -2.52. The molecule has 5 aromatic rings. The number of hydrogen-bond acceptors (Lipinski definition) is 7. The highest BCUT2D eigenvalue weighted by Crippen LogP contribution is 2.39. The van der Waals surface area contributed by atoms with Crippen LogP contribution < -0.4 is 14.8 Å². The van der Waals surface area contributed by atoms with Crippen LogP contribution in [-0.2, 0) is 11.8 Å². The molecule has 3 aromatic heterocycles. The van der Waals surface area contributed by atoms with Gasteiger partial charge in [0.2, 0.25) is 5.91 Å². The smallest absolute Gasteiger partial charge is 0.272 e. The van der Waals surface area contributed by atoms with Gasteiger partial charge >= 0.3 is 0 Å². The van der Waals surface area contributed by atoms with E-state index in [1.54, 1.807) is 21.1 Å². The van der Waals surface area contributed by atoms with Gasteiger partial charge in [0.05, 0.1) is 42.3 Å². The third-order valence-electron chi connectivity index (χ3n) is 10.3. The number of piperazine rings is 1. The van der Waals surface area contributed by atoms with Crippen LogP contribution in [0.2, 0.25) is 0 Å². The van der Waals surface area contributed by atoms with E-state index in [4.69, 9.17) is 14.5 Å². The molecule has 2 amide bonds. The lowest BCUT2D eigenvalue weighted by Gasteiger charge is -2.41. The summed E-state index contributed by atoms with van der Waals surface area (Å²) in [6.45, 7) is 7.22. The number of aryl methyl sites for hydroxylation is 2. The third kappa shape index (κ3) is 5.66. The zero-order valence-electron chi connectivity index (χ0n) is 28.3. The third-order valence-corrected chi connectivity index (χ3v) is 10.3. The Morgan fingerprint density at radius 3 is 2.40 bits per heavy atom. The topological polar surface area (TPSA) is 106 Å². The molecule has 1 saturated carbocycles. The van der Waals surface area contributed by atoms with Crippen molar-refractivity contribution in [3.8, 4) is 22.8 Å². The summed E-state index contributed by atoms with van der Waals surface area (Å²) in [6, 6.07) is 14.0. The van der Waals surface area contributed by atoms with E-state index in [0.717, 1.165) is 96.8 Å². The number of nitrogens with zero attached hydrogens (tertiary/aromatic N) is 6. The van der Waals surface area contributed by atoms with E-state index < -0.39 is 0 Å². The first-order valence-corrected chi connectivity index (χ1v) is 16.7. The Bertz CT molecular complexity index is 2000. The molecule has 11 heteroatoms. The molecular weight excluding hydrogens is 606 g/mol. The highest BCUT2D eigenvalue weighted by Gasteiger charge is 2.32. The predicted octanol–water partition coefficient (Wildman–Crippen LogP) is 5.66. The first kappa shape index (κ1) is 31.7. The number of methoxy groups -OCH3 is 2. The molecule has 11 nitrogen and oxygen atoms in total. The first-order valence-electron chi connectivity index (χ1n) is 16.7. The monoisotopic (exact) mass is 649 g/mol. The molecular formula is C37H43N7O4. The molecule has 7 rings (SSSR count). The van der Waals surface area contributed by atoms with Gasteiger partial charge in [-0.25, -0.2) is 4.98 Å². The predicted molar refractivity (Wildman–Crippen MR) is 186 cm³/mol. The van der Waals surface area contributed by atoms with Gasteiger partial charge in [-0.15, -0.1) is 0 Å². The van der Waals surface area contributed by atoms with E-state index in [1.807, 2.05) is 78.3 Å². The molecule has 2 fully saturated rings. The Morgan fingerprint density at radius 2 is 1.69 bits per heavy atom. The Hall–Kier alpha value is -4.90. The SMILES string of the molecule is COc1cc(-c2nc(C3CCC(N4CCN(C(C)=O)CC4)CC3)n3ccnc(C)c23)ccc1NC(=O)c1cc2c(OC)cccc2n1C. The van der Waals surface area contributed by atoms with Crippen LogP contribution >= 0.6 is 0 Å². The summed E-state index contributed by atoms with van der Waals surface area (Å²) in [7, 11) is 5.11. The van der Waals surface area contributed by atoms with Crippen molar-refractivity contribution in [2.75, 3.05) is 45.7 Å². The van der Waals surface area contributed by atoms with Crippen molar-refractivity contribution in [1.82, 2.24) is 28.7 Å². The molecule has 1 N–H and O–H groups in total. The minimum atomic E-state index is -0.243. The van der Waals surface area contributed by atoms with Crippen molar-refractivity contribution in [2.24, 2.45) is 7.05 Å². The fourth-order valence-electron chi connectivity index (χ4n) is 7.67. The van der Waals surface area contributed by atoms with Crippen LogP contribution in [0.25, 0.3) is 27.7 Å². The average molecular weight is 650 g/mol. The van der Waals surface area contributed by atoms with Crippen molar-refractivity contribution >= 4 is 33.9 Å². The molecule has 0 atom stereocenters.